The number of aliphatic hydroxyl groups excluding tert-OH is 1. The zero-order chi connectivity index (χ0) is 11.2. The van der Waals surface area contributed by atoms with Gasteiger partial charge in [0, 0.05) is 12.1 Å². The lowest BCUT2D eigenvalue weighted by atomic mass is 9.99. The van der Waals surface area contributed by atoms with E-state index < -0.39 is 11.5 Å². The van der Waals surface area contributed by atoms with Crippen molar-refractivity contribution in [2.75, 3.05) is 6.61 Å². The van der Waals surface area contributed by atoms with Crippen LogP contribution in [0.25, 0.3) is 0 Å². The fourth-order valence-corrected chi connectivity index (χ4v) is 1.10. The highest BCUT2D eigenvalue weighted by molar-refractivity contribution is 5.81. The molecule has 14 heavy (non-hydrogen) atoms. The molecular formula is C10H18N2O2. The number of carbonyl (C=O) groups is 1. The fourth-order valence-electron chi connectivity index (χ4n) is 1.10. The zero-order valence-corrected chi connectivity index (χ0v) is 9.00. The minimum absolute atomic E-state index is 0.0244. The predicted octanol–water partition coefficient (Wildman–Crippen LogP) is 0.813. The van der Waals surface area contributed by atoms with Gasteiger partial charge in [-0.3, -0.25) is 4.79 Å². The van der Waals surface area contributed by atoms with Crippen molar-refractivity contribution >= 4 is 5.91 Å². The van der Waals surface area contributed by atoms with Crippen LogP contribution >= 0.6 is 0 Å². The molecule has 4 heteroatoms. The van der Waals surface area contributed by atoms with E-state index in [1.807, 2.05) is 19.9 Å². The summed E-state index contributed by atoms with van der Waals surface area (Å²) in [5.74, 6) is -0.846. The molecule has 0 aliphatic carbocycles. The van der Waals surface area contributed by atoms with Gasteiger partial charge >= 0.3 is 0 Å². The lowest BCUT2D eigenvalue weighted by molar-refractivity contribution is -0.125. The summed E-state index contributed by atoms with van der Waals surface area (Å²) in [7, 11) is 0. The van der Waals surface area contributed by atoms with E-state index in [9.17, 15) is 4.79 Å². The Morgan fingerprint density at radius 3 is 2.57 bits per heavy atom. The number of rotatable bonds is 5. The highest BCUT2D eigenvalue weighted by atomic mass is 16.3. The van der Waals surface area contributed by atoms with Crippen molar-refractivity contribution in [2.45, 2.75) is 39.2 Å². The van der Waals surface area contributed by atoms with Crippen molar-refractivity contribution in [3.63, 3.8) is 0 Å². The summed E-state index contributed by atoms with van der Waals surface area (Å²) in [4.78, 5) is 11.5. The van der Waals surface area contributed by atoms with Crippen LogP contribution in [0.2, 0.25) is 0 Å². The topological polar surface area (TPSA) is 73.1 Å². The summed E-state index contributed by atoms with van der Waals surface area (Å²) in [5, 5.41) is 20.2. The van der Waals surface area contributed by atoms with Crippen molar-refractivity contribution in [2.24, 2.45) is 5.92 Å². The maximum absolute atomic E-state index is 11.5. The van der Waals surface area contributed by atoms with Crippen LogP contribution in [0.1, 0.15) is 33.6 Å². The second-order valence-corrected chi connectivity index (χ2v) is 3.94. The van der Waals surface area contributed by atoms with Gasteiger partial charge in [0.05, 0.1) is 6.07 Å². The molecule has 1 atom stereocenters. The van der Waals surface area contributed by atoms with Crippen LogP contribution in [0, 0.1) is 17.2 Å². The minimum Gasteiger partial charge on any atom is -0.396 e. The van der Waals surface area contributed by atoms with E-state index in [2.05, 4.69) is 5.32 Å². The molecule has 0 aliphatic heterocycles. The van der Waals surface area contributed by atoms with Crippen LogP contribution in [0.15, 0.2) is 0 Å². The quantitative estimate of drug-likeness (QED) is 0.686. The Labute approximate surface area is 84.9 Å². The molecule has 0 heterocycles. The second-order valence-electron chi connectivity index (χ2n) is 3.94. The van der Waals surface area contributed by atoms with E-state index in [1.54, 1.807) is 6.92 Å². The first-order valence-electron chi connectivity index (χ1n) is 4.79. The third-order valence-electron chi connectivity index (χ3n) is 2.08. The van der Waals surface area contributed by atoms with E-state index >= 15 is 0 Å². The van der Waals surface area contributed by atoms with Gasteiger partial charge in [-0.2, -0.15) is 5.26 Å². The Morgan fingerprint density at radius 1 is 1.64 bits per heavy atom. The molecule has 1 unspecified atom stereocenters. The summed E-state index contributed by atoms with van der Waals surface area (Å²) in [6.07, 6.45) is 0.998. The molecule has 0 saturated carbocycles. The SMILES string of the molecule is CCC(C#N)C(=O)NC(C)(C)CCO. The van der Waals surface area contributed by atoms with Crippen molar-refractivity contribution in [1.29, 1.82) is 5.26 Å². The van der Waals surface area contributed by atoms with Gasteiger partial charge in [0.25, 0.3) is 0 Å². The van der Waals surface area contributed by atoms with Gasteiger partial charge in [0.1, 0.15) is 5.92 Å². The summed E-state index contributed by atoms with van der Waals surface area (Å²) in [5.41, 5.74) is -0.448. The Bertz CT molecular complexity index is 231. The monoisotopic (exact) mass is 198 g/mol. The number of carbonyl (C=O) groups excluding carboxylic acids is 1. The molecule has 0 aromatic rings. The number of aliphatic hydroxyl groups is 1. The number of amides is 1. The molecule has 0 saturated heterocycles. The van der Waals surface area contributed by atoms with Crippen molar-refractivity contribution in [1.82, 2.24) is 5.32 Å². The first-order valence-corrected chi connectivity index (χ1v) is 4.79. The van der Waals surface area contributed by atoms with Gasteiger partial charge in [0.15, 0.2) is 0 Å². The number of nitriles is 1. The molecular weight excluding hydrogens is 180 g/mol. The van der Waals surface area contributed by atoms with Crippen LogP contribution in [0.5, 0.6) is 0 Å². The average Bonchev–Trinajstić information content (AvgIpc) is 2.04. The minimum atomic E-state index is -0.590. The second kappa shape index (κ2) is 5.61. The predicted molar refractivity (Wildman–Crippen MR) is 53.3 cm³/mol. The summed E-state index contributed by atoms with van der Waals surface area (Å²) in [6.45, 7) is 5.47. The molecule has 0 spiro atoms. The van der Waals surface area contributed by atoms with Gasteiger partial charge in [-0.1, -0.05) is 6.92 Å². The van der Waals surface area contributed by atoms with Gasteiger partial charge in [-0.05, 0) is 26.7 Å². The van der Waals surface area contributed by atoms with Crippen LogP contribution in [0.4, 0.5) is 0 Å². The van der Waals surface area contributed by atoms with E-state index in [-0.39, 0.29) is 12.5 Å². The molecule has 2 N–H and O–H groups in total. The van der Waals surface area contributed by atoms with Crippen molar-refractivity contribution < 1.29 is 9.90 Å². The van der Waals surface area contributed by atoms with Gasteiger partial charge < -0.3 is 10.4 Å². The van der Waals surface area contributed by atoms with Gasteiger partial charge in [0.2, 0.25) is 5.91 Å². The number of hydrogen-bond donors (Lipinski definition) is 2. The van der Waals surface area contributed by atoms with Crippen molar-refractivity contribution in [3.05, 3.63) is 0 Å². The average molecular weight is 198 g/mol. The molecule has 0 fully saturated rings. The lowest BCUT2D eigenvalue weighted by Gasteiger charge is -2.26. The number of nitrogens with zero attached hydrogens (tertiary/aromatic N) is 1. The maximum atomic E-state index is 11.5. The molecule has 0 aromatic heterocycles. The Morgan fingerprint density at radius 2 is 2.21 bits per heavy atom. The van der Waals surface area contributed by atoms with E-state index in [0.29, 0.717) is 12.8 Å². The Kier molecular flexibility index (Phi) is 5.18. The third-order valence-corrected chi connectivity index (χ3v) is 2.08. The van der Waals surface area contributed by atoms with Crippen molar-refractivity contribution in [3.8, 4) is 6.07 Å². The smallest absolute Gasteiger partial charge is 0.237 e. The molecule has 80 valence electrons. The summed E-state index contributed by atoms with van der Waals surface area (Å²) < 4.78 is 0. The Hall–Kier alpha value is -1.08. The van der Waals surface area contributed by atoms with Crippen LogP contribution < -0.4 is 5.32 Å². The van der Waals surface area contributed by atoms with Gasteiger partial charge in [-0.25, -0.2) is 0 Å². The number of hydrogen-bond acceptors (Lipinski definition) is 3. The molecule has 0 rings (SSSR count). The lowest BCUT2D eigenvalue weighted by Crippen LogP contribution is -2.46. The summed E-state index contributed by atoms with van der Waals surface area (Å²) in [6, 6.07) is 1.94. The zero-order valence-electron chi connectivity index (χ0n) is 9.00. The van der Waals surface area contributed by atoms with Gasteiger partial charge in [-0.15, -0.1) is 0 Å². The third kappa shape index (κ3) is 4.24. The van der Waals surface area contributed by atoms with Crippen LogP contribution in [0.3, 0.4) is 0 Å². The Balaban J connectivity index is 4.24. The molecule has 0 aromatic carbocycles. The first kappa shape index (κ1) is 12.9. The highest BCUT2D eigenvalue weighted by Gasteiger charge is 2.24. The van der Waals surface area contributed by atoms with E-state index in [1.165, 1.54) is 0 Å². The largest absolute Gasteiger partial charge is 0.396 e. The summed E-state index contributed by atoms with van der Waals surface area (Å²) >= 11 is 0. The highest BCUT2D eigenvalue weighted by Crippen LogP contribution is 2.10. The first-order chi connectivity index (χ1) is 6.46. The standard InChI is InChI=1S/C10H18N2O2/c1-4-8(7-11)9(14)12-10(2,3)5-6-13/h8,13H,4-6H2,1-3H3,(H,12,14). The fraction of sp³-hybridized carbons (Fsp3) is 0.800. The molecule has 0 radical (unpaired) electrons. The molecule has 1 amide bonds. The molecule has 0 bridgehead atoms. The van der Waals surface area contributed by atoms with Crippen LogP contribution in [-0.4, -0.2) is 23.2 Å². The molecule has 4 nitrogen and oxygen atoms in total. The van der Waals surface area contributed by atoms with Crippen LogP contribution in [-0.2, 0) is 4.79 Å². The number of nitrogens with one attached hydrogen (secondary N) is 1. The molecule has 0 aliphatic rings. The maximum Gasteiger partial charge on any atom is 0.237 e. The normalized spacial score (nSPS) is 13.1. The van der Waals surface area contributed by atoms with E-state index in [0.717, 1.165) is 0 Å². The van der Waals surface area contributed by atoms with E-state index in [4.69, 9.17) is 10.4 Å².